The van der Waals surface area contributed by atoms with Crippen molar-refractivity contribution in [2.75, 3.05) is 0 Å². The minimum absolute atomic E-state index is 0.232. The highest BCUT2D eigenvalue weighted by Crippen LogP contribution is 2.65. The number of hydrogen-bond donors (Lipinski definition) is 1. The van der Waals surface area contributed by atoms with Gasteiger partial charge in [-0.1, -0.05) is 65.5 Å². The molecule has 0 heterocycles. The van der Waals surface area contributed by atoms with Crippen molar-refractivity contribution in [1.82, 2.24) is 5.32 Å². The number of carbonyl (C=O) groups is 1. The van der Waals surface area contributed by atoms with Gasteiger partial charge in [0.1, 0.15) is 0 Å². The zero-order chi connectivity index (χ0) is 24.0. The number of fused-ring (bicyclic) bond motifs is 4. The van der Waals surface area contributed by atoms with E-state index in [9.17, 15) is 4.79 Å². The molecule has 8 atom stereocenters. The zero-order valence-corrected chi connectivity index (χ0v) is 22.3. The molecular formula is C31H49NO. The minimum atomic E-state index is -0.232. The molecule has 0 spiro atoms. The molecule has 33 heavy (non-hydrogen) atoms. The first-order valence-electron chi connectivity index (χ1n) is 14.1. The first-order chi connectivity index (χ1) is 15.6. The van der Waals surface area contributed by atoms with Crippen molar-refractivity contribution in [2.45, 2.75) is 118 Å². The lowest BCUT2D eigenvalue weighted by atomic mass is 9.48. The van der Waals surface area contributed by atoms with E-state index in [-0.39, 0.29) is 11.9 Å². The van der Waals surface area contributed by atoms with E-state index in [1.165, 1.54) is 57.8 Å². The highest BCUT2D eigenvalue weighted by atomic mass is 16.1. The van der Waals surface area contributed by atoms with Crippen molar-refractivity contribution in [2.24, 2.45) is 46.3 Å². The van der Waals surface area contributed by atoms with Gasteiger partial charge in [-0.05, 0) is 110 Å². The maximum Gasteiger partial charge on any atom is 0.295 e. The Bertz CT molecular complexity index is 817. The Balaban J connectivity index is 1.49. The van der Waals surface area contributed by atoms with E-state index in [2.05, 4.69) is 52.8 Å². The fourth-order valence-corrected chi connectivity index (χ4v) is 8.86. The molecule has 1 amide bonds. The average Bonchev–Trinajstić information content (AvgIpc) is 3.14. The van der Waals surface area contributed by atoms with E-state index < -0.39 is 0 Å². The molecule has 2 heteroatoms. The molecule has 0 radical (unpaired) electrons. The minimum Gasteiger partial charge on any atom is -0.343 e. The second-order valence-electron chi connectivity index (χ2n) is 13.3. The van der Waals surface area contributed by atoms with E-state index in [1.807, 2.05) is 11.1 Å². The predicted molar refractivity (Wildman–Crippen MR) is 138 cm³/mol. The molecule has 0 bridgehead atoms. The van der Waals surface area contributed by atoms with Gasteiger partial charge in [-0.2, -0.15) is 0 Å². The summed E-state index contributed by atoms with van der Waals surface area (Å²) in [5, 5.41) is 3.09. The van der Waals surface area contributed by atoms with Crippen molar-refractivity contribution in [3.05, 3.63) is 11.1 Å². The third-order valence-electron chi connectivity index (χ3n) is 11.4. The molecule has 2 nitrogen and oxygen atoms in total. The molecule has 0 saturated heterocycles. The van der Waals surface area contributed by atoms with E-state index >= 15 is 0 Å². The zero-order valence-electron chi connectivity index (χ0n) is 22.3. The van der Waals surface area contributed by atoms with Crippen LogP contribution < -0.4 is 5.32 Å². The Labute approximate surface area is 204 Å². The van der Waals surface area contributed by atoms with E-state index in [4.69, 9.17) is 6.42 Å². The number of rotatable bonds is 6. The maximum atomic E-state index is 11.8. The first kappa shape index (κ1) is 24.9. The quantitative estimate of drug-likeness (QED) is 0.328. The van der Waals surface area contributed by atoms with Crippen LogP contribution in [0.15, 0.2) is 11.1 Å². The molecule has 0 aromatic heterocycles. The summed E-state index contributed by atoms with van der Waals surface area (Å²) in [6, 6.07) is 0.277. The standard InChI is InChI=1S/C31H49NO/c1-8-29(33)32-24-15-17-30(6)23(19-24)11-12-25-27-14-13-26(31(27,7)18-16-28(25)30)22(5)10-9-21(4)20(2)3/h1,20-24,26,28H,9-19H2,2-7H3,(H,32,33)/t21-,22+,23-,24+,26+,28-,30-,31+/m0/s1. The second-order valence-corrected chi connectivity index (χ2v) is 13.3. The van der Waals surface area contributed by atoms with Gasteiger partial charge in [0.2, 0.25) is 0 Å². The summed E-state index contributed by atoms with van der Waals surface area (Å²) >= 11 is 0. The van der Waals surface area contributed by atoms with Crippen molar-refractivity contribution < 1.29 is 4.79 Å². The normalized spacial score (nSPS) is 39.8. The molecule has 3 saturated carbocycles. The van der Waals surface area contributed by atoms with Crippen LogP contribution in [0.1, 0.15) is 112 Å². The predicted octanol–water partition coefficient (Wildman–Crippen LogP) is 7.54. The third kappa shape index (κ3) is 4.44. The number of terminal acetylenes is 1. The fraction of sp³-hybridized carbons (Fsp3) is 0.839. The van der Waals surface area contributed by atoms with Crippen molar-refractivity contribution in [3.8, 4) is 12.3 Å². The Hall–Kier alpha value is -1.23. The van der Waals surface area contributed by atoms with E-state index in [0.717, 1.165) is 48.3 Å². The van der Waals surface area contributed by atoms with Gasteiger partial charge in [-0.25, -0.2) is 0 Å². The lowest BCUT2D eigenvalue weighted by Gasteiger charge is -2.57. The van der Waals surface area contributed by atoms with Crippen LogP contribution in [0.5, 0.6) is 0 Å². The second kappa shape index (κ2) is 9.43. The Morgan fingerprint density at radius 2 is 1.82 bits per heavy atom. The van der Waals surface area contributed by atoms with Crippen LogP contribution in [0.2, 0.25) is 0 Å². The van der Waals surface area contributed by atoms with Crippen molar-refractivity contribution in [3.63, 3.8) is 0 Å². The number of carbonyl (C=O) groups excluding carboxylic acids is 1. The summed E-state index contributed by atoms with van der Waals surface area (Å²) in [6.45, 7) is 15.0. The van der Waals surface area contributed by atoms with Gasteiger partial charge in [-0.15, -0.1) is 6.42 Å². The molecule has 4 rings (SSSR count). The number of hydrogen-bond acceptors (Lipinski definition) is 1. The van der Waals surface area contributed by atoms with Gasteiger partial charge >= 0.3 is 0 Å². The van der Waals surface area contributed by atoms with Crippen LogP contribution in [0.3, 0.4) is 0 Å². The van der Waals surface area contributed by atoms with Crippen LogP contribution in [0.4, 0.5) is 0 Å². The molecule has 1 N–H and O–H groups in total. The highest BCUT2D eigenvalue weighted by molar-refractivity contribution is 5.93. The van der Waals surface area contributed by atoms with Gasteiger partial charge in [0.05, 0.1) is 0 Å². The van der Waals surface area contributed by atoms with Gasteiger partial charge in [0.15, 0.2) is 0 Å². The van der Waals surface area contributed by atoms with Crippen LogP contribution in [0.25, 0.3) is 0 Å². The Morgan fingerprint density at radius 3 is 2.52 bits per heavy atom. The third-order valence-corrected chi connectivity index (χ3v) is 11.4. The summed E-state index contributed by atoms with van der Waals surface area (Å²) in [6.07, 6.45) is 19.7. The Kier molecular flexibility index (Phi) is 7.11. The van der Waals surface area contributed by atoms with Crippen molar-refractivity contribution >= 4 is 5.91 Å². The molecule has 3 fully saturated rings. The molecule has 0 unspecified atom stereocenters. The van der Waals surface area contributed by atoms with Gasteiger partial charge < -0.3 is 5.32 Å². The van der Waals surface area contributed by atoms with Crippen LogP contribution in [-0.4, -0.2) is 11.9 Å². The summed E-state index contributed by atoms with van der Waals surface area (Å²) in [5.41, 5.74) is 4.65. The SMILES string of the molecule is C#CC(=O)N[C@@H]1CC[C@@]2(C)[C@@H](CCC3=C4CC[C@H]([C@H](C)CC[C@H](C)C(C)C)[C@@]4(C)CC[C@@H]32)C1. The molecule has 0 aromatic rings. The lowest BCUT2D eigenvalue weighted by Crippen LogP contribution is -2.51. The molecule has 0 aliphatic heterocycles. The maximum absolute atomic E-state index is 11.8. The van der Waals surface area contributed by atoms with E-state index in [1.54, 1.807) is 0 Å². The van der Waals surface area contributed by atoms with Crippen LogP contribution in [0, 0.1) is 58.7 Å². The summed E-state index contributed by atoms with van der Waals surface area (Å²) in [7, 11) is 0. The van der Waals surface area contributed by atoms with E-state index in [0.29, 0.717) is 10.8 Å². The molecule has 4 aliphatic rings. The van der Waals surface area contributed by atoms with Crippen LogP contribution in [-0.2, 0) is 4.79 Å². The summed E-state index contributed by atoms with van der Waals surface area (Å²) < 4.78 is 0. The number of amides is 1. The topological polar surface area (TPSA) is 29.1 Å². The van der Waals surface area contributed by atoms with Gasteiger partial charge in [0, 0.05) is 6.04 Å². The monoisotopic (exact) mass is 451 g/mol. The summed E-state index contributed by atoms with van der Waals surface area (Å²) in [5.74, 6) is 6.87. The molecular weight excluding hydrogens is 402 g/mol. The van der Waals surface area contributed by atoms with Crippen LogP contribution >= 0.6 is 0 Å². The summed E-state index contributed by atoms with van der Waals surface area (Å²) in [4.78, 5) is 11.8. The van der Waals surface area contributed by atoms with Gasteiger partial charge in [-0.3, -0.25) is 4.79 Å². The molecule has 184 valence electrons. The Morgan fingerprint density at radius 1 is 1.06 bits per heavy atom. The lowest BCUT2D eigenvalue weighted by molar-refractivity contribution is -0.117. The first-order valence-corrected chi connectivity index (χ1v) is 14.1. The van der Waals surface area contributed by atoms with Crippen molar-refractivity contribution in [1.29, 1.82) is 0 Å². The van der Waals surface area contributed by atoms with Gasteiger partial charge in [0.25, 0.3) is 5.91 Å². The largest absolute Gasteiger partial charge is 0.343 e. The average molecular weight is 452 g/mol. The number of nitrogens with one attached hydrogen (secondary N) is 1. The smallest absolute Gasteiger partial charge is 0.295 e. The molecule has 0 aromatic carbocycles. The molecule has 4 aliphatic carbocycles. The number of allylic oxidation sites excluding steroid dienone is 2. The highest BCUT2D eigenvalue weighted by Gasteiger charge is 2.55. The fourth-order valence-electron chi connectivity index (χ4n) is 8.86.